The first-order chi connectivity index (χ1) is 12.3. The van der Waals surface area contributed by atoms with Gasteiger partial charge in [-0.2, -0.15) is 4.31 Å². The highest BCUT2D eigenvalue weighted by Crippen LogP contribution is 2.22. The fourth-order valence-corrected chi connectivity index (χ4v) is 4.63. The van der Waals surface area contributed by atoms with Gasteiger partial charge in [-0.25, -0.2) is 8.42 Å². The van der Waals surface area contributed by atoms with Crippen LogP contribution in [0.5, 0.6) is 0 Å². The normalized spacial score (nSPS) is 15.7. The Labute approximate surface area is 155 Å². The molecule has 7 nitrogen and oxygen atoms in total. The first-order valence-electron chi connectivity index (χ1n) is 8.76. The molecule has 26 heavy (non-hydrogen) atoms. The summed E-state index contributed by atoms with van der Waals surface area (Å²) in [5.41, 5.74) is 1.60. The van der Waals surface area contributed by atoms with E-state index in [0.717, 1.165) is 5.56 Å². The quantitative estimate of drug-likeness (QED) is 0.696. The minimum Gasteiger partial charge on any atom is -0.466 e. The van der Waals surface area contributed by atoms with E-state index in [-0.39, 0.29) is 31.8 Å². The van der Waals surface area contributed by atoms with Gasteiger partial charge in [0.05, 0.1) is 17.9 Å². The van der Waals surface area contributed by atoms with Crippen LogP contribution >= 0.6 is 0 Å². The monoisotopic (exact) mass is 382 g/mol. The van der Waals surface area contributed by atoms with Crippen LogP contribution in [0.25, 0.3) is 0 Å². The van der Waals surface area contributed by atoms with Gasteiger partial charge in [-0.15, -0.1) is 0 Å². The number of carbonyl (C=O) groups excluding carboxylic acids is 2. The maximum absolute atomic E-state index is 12.9. The van der Waals surface area contributed by atoms with Gasteiger partial charge in [-0.05, 0) is 38.0 Å². The van der Waals surface area contributed by atoms with Crippen LogP contribution in [-0.2, 0) is 24.3 Å². The highest BCUT2D eigenvalue weighted by molar-refractivity contribution is 7.89. The largest absolute Gasteiger partial charge is 0.466 e. The second-order valence-corrected chi connectivity index (χ2v) is 8.27. The Balaban J connectivity index is 1.96. The lowest BCUT2D eigenvalue weighted by atomic mass is 10.2. The number of benzene rings is 1. The summed E-state index contributed by atoms with van der Waals surface area (Å²) in [6, 6.07) is 5.37. The number of sulfonamides is 1. The van der Waals surface area contributed by atoms with Gasteiger partial charge in [0.25, 0.3) is 0 Å². The summed E-state index contributed by atoms with van der Waals surface area (Å²) >= 11 is 0. The van der Waals surface area contributed by atoms with Crippen molar-refractivity contribution in [2.75, 3.05) is 32.8 Å². The molecule has 1 saturated heterocycles. The van der Waals surface area contributed by atoms with Crippen molar-refractivity contribution < 1.29 is 22.7 Å². The van der Waals surface area contributed by atoms with Crippen LogP contribution in [0.1, 0.15) is 30.9 Å². The number of ether oxygens (including phenoxy) is 1. The molecule has 1 aromatic carbocycles. The molecule has 0 radical (unpaired) electrons. The van der Waals surface area contributed by atoms with Crippen LogP contribution in [0, 0.1) is 13.8 Å². The minimum absolute atomic E-state index is 0.0493. The number of rotatable bonds is 6. The van der Waals surface area contributed by atoms with Gasteiger partial charge in [-0.3, -0.25) is 9.59 Å². The molecular formula is C18H26N2O5S. The summed E-state index contributed by atoms with van der Waals surface area (Å²) in [7, 11) is -3.58. The molecule has 0 bridgehead atoms. The van der Waals surface area contributed by atoms with Crippen LogP contribution in [0.2, 0.25) is 0 Å². The smallest absolute Gasteiger partial charge is 0.306 e. The van der Waals surface area contributed by atoms with Crippen molar-refractivity contribution in [2.24, 2.45) is 0 Å². The number of carbonyl (C=O) groups is 2. The summed E-state index contributed by atoms with van der Waals surface area (Å²) in [6.45, 7) is 6.80. The zero-order valence-electron chi connectivity index (χ0n) is 15.5. The molecule has 1 fully saturated rings. The lowest BCUT2D eigenvalue weighted by Crippen LogP contribution is -2.50. The fourth-order valence-electron chi connectivity index (χ4n) is 2.90. The molecule has 0 saturated carbocycles. The van der Waals surface area contributed by atoms with Crippen LogP contribution in [0.4, 0.5) is 0 Å². The van der Waals surface area contributed by atoms with Crippen LogP contribution in [0.15, 0.2) is 23.1 Å². The third-order valence-electron chi connectivity index (χ3n) is 4.40. The Hall–Kier alpha value is -1.93. The minimum atomic E-state index is -3.58. The van der Waals surface area contributed by atoms with E-state index in [9.17, 15) is 18.0 Å². The maximum atomic E-state index is 12.9. The van der Waals surface area contributed by atoms with Crippen molar-refractivity contribution in [1.29, 1.82) is 0 Å². The molecule has 1 aromatic rings. The molecule has 144 valence electrons. The number of esters is 1. The molecule has 1 amide bonds. The lowest BCUT2D eigenvalue weighted by molar-refractivity contribution is -0.145. The summed E-state index contributed by atoms with van der Waals surface area (Å²) < 4.78 is 32.0. The van der Waals surface area contributed by atoms with E-state index in [1.807, 2.05) is 13.0 Å². The van der Waals surface area contributed by atoms with Gasteiger partial charge in [0.2, 0.25) is 15.9 Å². The predicted molar refractivity (Wildman–Crippen MR) is 97.1 cm³/mol. The Morgan fingerprint density at radius 2 is 1.73 bits per heavy atom. The summed E-state index contributed by atoms with van der Waals surface area (Å²) in [6.07, 6.45) is 0.135. The molecule has 0 atom stereocenters. The lowest BCUT2D eigenvalue weighted by Gasteiger charge is -2.34. The summed E-state index contributed by atoms with van der Waals surface area (Å²) in [5, 5.41) is 0. The first kappa shape index (κ1) is 20.4. The van der Waals surface area contributed by atoms with E-state index in [1.165, 1.54) is 4.31 Å². The molecule has 1 aliphatic rings. The molecule has 8 heteroatoms. The predicted octanol–water partition coefficient (Wildman–Crippen LogP) is 1.48. The number of aryl methyl sites for hydroxylation is 2. The standard InChI is InChI=1S/C18H26N2O5S/c1-4-25-18(22)8-7-17(21)19-9-11-20(12-10-19)26(23,24)16-13-14(2)5-6-15(16)3/h5-6,13H,4,7-12H2,1-3H3. The van der Waals surface area contributed by atoms with Crippen molar-refractivity contribution in [2.45, 2.75) is 38.5 Å². The van der Waals surface area contributed by atoms with Gasteiger partial charge in [0.15, 0.2) is 0 Å². The molecule has 2 rings (SSSR count). The molecule has 0 aliphatic carbocycles. The average molecular weight is 382 g/mol. The third-order valence-corrected chi connectivity index (χ3v) is 6.44. The van der Waals surface area contributed by atoms with Crippen molar-refractivity contribution in [3.05, 3.63) is 29.3 Å². The average Bonchev–Trinajstić information content (AvgIpc) is 2.62. The van der Waals surface area contributed by atoms with Crippen LogP contribution < -0.4 is 0 Å². The van der Waals surface area contributed by atoms with Crippen LogP contribution in [-0.4, -0.2) is 62.3 Å². The van der Waals surface area contributed by atoms with E-state index in [0.29, 0.717) is 30.2 Å². The molecule has 0 N–H and O–H groups in total. The Bertz CT molecular complexity index is 768. The molecular weight excluding hydrogens is 356 g/mol. The topological polar surface area (TPSA) is 84.0 Å². The zero-order chi connectivity index (χ0) is 19.3. The highest BCUT2D eigenvalue weighted by atomic mass is 32.2. The number of hydrogen-bond donors (Lipinski definition) is 0. The van der Waals surface area contributed by atoms with Crippen LogP contribution in [0.3, 0.4) is 0 Å². The van der Waals surface area contributed by atoms with Crippen molar-refractivity contribution in [1.82, 2.24) is 9.21 Å². The molecule has 0 unspecified atom stereocenters. The van der Waals surface area contributed by atoms with Crippen molar-refractivity contribution in [3.63, 3.8) is 0 Å². The number of hydrogen-bond acceptors (Lipinski definition) is 5. The maximum Gasteiger partial charge on any atom is 0.306 e. The van der Waals surface area contributed by atoms with Gasteiger partial charge in [0, 0.05) is 32.6 Å². The number of nitrogens with zero attached hydrogens (tertiary/aromatic N) is 2. The first-order valence-corrected chi connectivity index (χ1v) is 10.2. The van der Waals surface area contributed by atoms with Crippen molar-refractivity contribution >= 4 is 21.9 Å². The second kappa shape index (κ2) is 8.64. The second-order valence-electron chi connectivity index (χ2n) is 6.36. The Morgan fingerprint density at radius 3 is 2.35 bits per heavy atom. The van der Waals surface area contributed by atoms with E-state index < -0.39 is 16.0 Å². The SMILES string of the molecule is CCOC(=O)CCC(=O)N1CCN(S(=O)(=O)c2cc(C)ccc2C)CC1. The summed E-state index contributed by atoms with van der Waals surface area (Å²) in [5.74, 6) is -0.543. The molecule has 0 spiro atoms. The van der Waals surface area contributed by atoms with E-state index in [1.54, 1.807) is 30.9 Å². The number of amides is 1. The molecule has 0 aromatic heterocycles. The Morgan fingerprint density at radius 1 is 1.08 bits per heavy atom. The zero-order valence-corrected chi connectivity index (χ0v) is 16.3. The van der Waals surface area contributed by atoms with E-state index >= 15 is 0 Å². The van der Waals surface area contributed by atoms with Gasteiger partial charge >= 0.3 is 5.97 Å². The van der Waals surface area contributed by atoms with Gasteiger partial charge in [-0.1, -0.05) is 12.1 Å². The Kier molecular flexibility index (Phi) is 6.77. The molecule has 1 heterocycles. The molecule has 1 aliphatic heterocycles. The number of piperazine rings is 1. The highest BCUT2D eigenvalue weighted by Gasteiger charge is 2.31. The van der Waals surface area contributed by atoms with Gasteiger partial charge < -0.3 is 9.64 Å². The fraction of sp³-hybridized carbons (Fsp3) is 0.556. The van der Waals surface area contributed by atoms with Gasteiger partial charge in [0.1, 0.15) is 0 Å². The summed E-state index contributed by atoms with van der Waals surface area (Å²) in [4.78, 5) is 25.5. The van der Waals surface area contributed by atoms with E-state index in [4.69, 9.17) is 4.74 Å². The van der Waals surface area contributed by atoms with Crippen molar-refractivity contribution in [3.8, 4) is 0 Å². The van der Waals surface area contributed by atoms with E-state index in [2.05, 4.69) is 0 Å². The third kappa shape index (κ3) is 4.82.